The van der Waals surface area contributed by atoms with Crippen molar-refractivity contribution in [2.45, 2.75) is 13.0 Å². The molecule has 4 rings (SSSR count). The van der Waals surface area contributed by atoms with Gasteiger partial charge in [0.05, 0.1) is 30.9 Å². The van der Waals surface area contributed by atoms with Crippen LogP contribution in [0, 0.1) is 0 Å². The predicted molar refractivity (Wildman–Crippen MR) is 130 cm³/mol. The summed E-state index contributed by atoms with van der Waals surface area (Å²) in [7, 11) is 1.54. The quantitative estimate of drug-likeness (QED) is 0.494. The fourth-order valence-corrected chi connectivity index (χ4v) is 3.90. The van der Waals surface area contributed by atoms with Crippen LogP contribution in [0.15, 0.2) is 90.2 Å². The number of hydrogen-bond donors (Lipinski definition) is 2. The molecule has 1 atom stereocenters. The molecule has 8 nitrogen and oxygen atoms in total. The Morgan fingerprint density at radius 3 is 2.23 bits per heavy atom. The van der Waals surface area contributed by atoms with Gasteiger partial charge in [0.1, 0.15) is 5.75 Å². The van der Waals surface area contributed by atoms with Crippen molar-refractivity contribution in [2.75, 3.05) is 23.9 Å². The van der Waals surface area contributed by atoms with Crippen molar-refractivity contribution >= 4 is 29.2 Å². The molecule has 8 heteroatoms. The van der Waals surface area contributed by atoms with Crippen LogP contribution in [0.2, 0.25) is 0 Å². The summed E-state index contributed by atoms with van der Waals surface area (Å²) in [6.45, 7) is 1.96. The number of anilines is 2. The van der Waals surface area contributed by atoms with Crippen LogP contribution in [0.3, 0.4) is 0 Å². The maximum Gasteiger partial charge on any atom is 0.338 e. The molecule has 1 unspecified atom stereocenters. The lowest BCUT2D eigenvalue weighted by Gasteiger charge is -2.27. The summed E-state index contributed by atoms with van der Waals surface area (Å²) in [6.07, 6.45) is 0. The number of carbonyl (C=O) groups excluding carboxylic acids is 3. The number of nitrogens with one attached hydrogen (secondary N) is 1. The molecule has 2 N–H and O–H groups in total. The van der Waals surface area contributed by atoms with Gasteiger partial charge >= 0.3 is 5.97 Å². The first-order chi connectivity index (χ1) is 16.9. The van der Waals surface area contributed by atoms with E-state index in [2.05, 4.69) is 5.32 Å². The highest BCUT2D eigenvalue weighted by molar-refractivity contribution is 6.18. The molecule has 0 saturated carbocycles. The molecule has 0 spiro atoms. The second kappa shape index (κ2) is 10.1. The van der Waals surface area contributed by atoms with E-state index in [0.717, 1.165) is 0 Å². The Balaban J connectivity index is 1.70. The van der Waals surface area contributed by atoms with Gasteiger partial charge in [0.25, 0.3) is 11.8 Å². The Kier molecular flexibility index (Phi) is 6.82. The minimum absolute atomic E-state index is 0.0773. The van der Waals surface area contributed by atoms with Gasteiger partial charge in [0.2, 0.25) is 0 Å². The van der Waals surface area contributed by atoms with Gasteiger partial charge in [0.15, 0.2) is 5.76 Å². The van der Waals surface area contributed by atoms with Gasteiger partial charge in [-0.25, -0.2) is 4.79 Å². The topological polar surface area (TPSA) is 105 Å². The molecule has 0 fully saturated rings. The molecule has 0 bridgehead atoms. The van der Waals surface area contributed by atoms with Crippen LogP contribution in [-0.4, -0.2) is 36.6 Å². The number of rotatable bonds is 7. The molecule has 0 saturated heterocycles. The van der Waals surface area contributed by atoms with E-state index in [1.165, 1.54) is 17.0 Å². The van der Waals surface area contributed by atoms with Crippen LogP contribution in [-0.2, 0) is 14.3 Å². The molecular formula is C27H24N2O6. The number of hydrogen-bond acceptors (Lipinski definition) is 6. The normalized spacial score (nSPS) is 15.2. The van der Waals surface area contributed by atoms with Crippen LogP contribution in [0.25, 0.3) is 0 Å². The van der Waals surface area contributed by atoms with E-state index in [9.17, 15) is 19.5 Å². The van der Waals surface area contributed by atoms with Crippen LogP contribution in [0.5, 0.6) is 5.75 Å². The van der Waals surface area contributed by atoms with Crippen molar-refractivity contribution in [3.63, 3.8) is 0 Å². The number of aliphatic hydroxyl groups excluding tert-OH is 1. The summed E-state index contributed by atoms with van der Waals surface area (Å²) in [6, 6.07) is 21.0. The molecular weight excluding hydrogens is 448 g/mol. The number of ether oxygens (including phenoxy) is 2. The van der Waals surface area contributed by atoms with Crippen LogP contribution in [0.4, 0.5) is 11.4 Å². The van der Waals surface area contributed by atoms with Crippen molar-refractivity contribution in [3.05, 3.63) is 101 Å². The van der Waals surface area contributed by atoms with E-state index < -0.39 is 29.6 Å². The number of aliphatic hydroxyl groups is 1. The van der Waals surface area contributed by atoms with Crippen LogP contribution >= 0.6 is 0 Å². The average Bonchev–Trinajstić information content (AvgIpc) is 3.15. The average molecular weight is 472 g/mol. The first kappa shape index (κ1) is 23.6. The zero-order valence-electron chi connectivity index (χ0n) is 19.2. The molecule has 2 amide bonds. The fraction of sp³-hybridized carbons (Fsp3) is 0.148. The molecule has 0 aliphatic carbocycles. The highest BCUT2D eigenvalue weighted by atomic mass is 16.5. The van der Waals surface area contributed by atoms with Gasteiger partial charge in [0, 0.05) is 11.4 Å². The summed E-state index contributed by atoms with van der Waals surface area (Å²) in [4.78, 5) is 39.9. The largest absolute Gasteiger partial charge is 0.503 e. The van der Waals surface area contributed by atoms with Crippen molar-refractivity contribution in [1.82, 2.24) is 0 Å². The zero-order chi connectivity index (χ0) is 24.9. The monoisotopic (exact) mass is 472 g/mol. The summed E-state index contributed by atoms with van der Waals surface area (Å²) < 4.78 is 10.2. The number of benzene rings is 3. The van der Waals surface area contributed by atoms with Gasteiger partial charge in [-0.1, -0.05) is 30.3 Å². The lowest BCUT2D eigenvalue weighted by Crippen LogP contribution is -2.31. The molecule has 0 radical (unpaired) electrons. The SMILES string of the molecule is CCOC(=O)c1ccc(N2C(=O)C(O)=C(C(=O)Nc3ccc(OC)cc3)C2c2ccccc2)cc1. The Morgan fingerprint density at radius 2 is 1.63 bits per heavy atom. The smallest absolute Gasteiger partial charge is 0.338 e. The molecule has 3 aromatic rings. The minimum Gasteiger partial charge on any atom is -0.503 e. The van der Waals surface area contributed by atoms with Crippen molar-refractivity contribution in [1.29, 1.82) is 0 Å². The standard InChI is InChI=1S/C27H24N2O6/c1-3-35-27(33)18-9-13-20(14-10-18)29-23(17-7-5-4-6-8-17)22(24(30)26(29)32)25(31)28-19-11-15-21(34-2)16-12-19/h4-16,23,30H,3H2,1-2H3,(H,28,31). The van der Waals surface area contributed by atoms with Crippen molar-refractivity contribution in [3.8, 4) is 5.75 Å². The molecule has 178 valence electrons. The second-order valence-electron chi connectivity index (χ2n) is 7.70. The Morgan fingerprint density at radius 1 is 0.971 bits per heavy atom. The Bertz CT molecular complexity index is 1270. The van der Waals surface area contributed by atoms with Gasteiger partial charge in [-0.2, -0.15) is 0 Å². The minimum atomic E-state index is -0.879. The predicted octanol–water partition coefficient (Wildman–Crippen LogP) is 4.41. The van der Waals surface area contributed by atoms with Crippen molar-refractivity contribution in [2.24, 2.45) is 0 Å². The lowest BCUT2D eigenvalue weighted by atomic mass is 9.98. The number of nitrogens with zero attached hydrogens (tertiary/aromatic N) is 1. The fourth-order valence-electron chi connectivity index (χ4n) is 3.90. The maximum atomic E-state index is 13.3. The first-order valence-corrected chi connectivity index (χ1v) is 11.0. The zero-order valence-corrected chi connectivity index (χ0v) is 19.2. The van der Waals surface area contributed by atoms with E-state index in [4.69, 9.17) is 9.47 Å². The second-order valence-corrected chi connectivity index (χ2v) is 7.70. The molecule has 35 heavy (non-hydrogen) atoms. The molecule has 1 aliphatic rings. The van der Waals surface area contributed by atoms with E-state index in [1.807, 2.05) is 6.07 Å². The first-order valence-electron chi connectivity index (χ1n) is 11.0. The van der Waals surface area contributed by atoms with Gasteiger partial charge in [-0.15, -0.1) is 0 Å². The number of esters is 1. The third-order valence-electron chi connectivity index (χ3n) is 5.57. The van der Waals surface area contributed by atoms with Crippen LogP contribution < -0.4 is 15.0 Å². The molecule has 1 aliphatic heterocycles. The molecule has 0 aromatic heterocycles. The highest BCUT2D eigenvalue weighted by Gasteiger charge is 2.44. The lowest BCUT2D eigenvalue weighted by molar-refractivity contribution is -0.117. The Labute approximate surface area is 202 Å². The van der Waals surface area contributed by atoms with Gasteiger partial charge in [-0.05, 0) is 61.0 Å². The van der Waals surface area contributed by atoms with Crippen molar-refractivity contribution < 1.29 is 29.0 Å². The van der Waals surface area contributed by atoms with E-state index in [0.29, 0.717) is 28.3 Å². The van der Waals surface area contributed by atoms with E-state index >= 15 is 0 Å². The number of methoxy groups -OCH3 is 1. The van der Waals surface area contributed by atoms with E-state index in [-0.39, 0.29) is 12.2 Å². The molecule has 3 aromatic carbocycles. The summed E-state index contributed by atoms with van der Waals surface area (Å²) in [5, 5.41) is 13.5. The van der Waals surface area contributed by atoms with E-state index in [1.54, 1.807) is 74.7 Å². The maximum absolute atomic E-state index is 13.3. The summed E-state index contributed by atoms with van der Waals surface area (Å²) in [5.41, 5.74) is 1.78. The third kappa shape index (κ3) is 4.72. The Hall–Kier alpha value is -4.59. The summed E-state index contributed by atoms with van der Waals surface area (Å²) in [5.74, 6) is -1.82. The third-order valence-corrected chi connectivity index (χ3v) is 5.57. The summed E-state index contributed by atoms with van der Waals surface area (Å²) >= 11 is 0. The van der Waals surface area contributed by atoms with Gasteiger partial charge in [-0.3, -0.25) is 14.5 Å². The van der Waals surface area contributed by atoms with Crippen LogP contribution in [0.1, 0.15) is 28.9 Å². The number of carbonyl (C=O) groups is 3. The van der Waals surface area contributed by atoms with Gasteiger partial charge < -0.3 is 19.9 Å². The number of amides is 2. The highest BCUT2D eigenvalue weighted by Crippen LogP contribution is 2.41. The molecule has 1 heterocycles.